The number of nitrogens with zero attached hydrogens (tertiary/aromatic N) is 3. The van der Waals surface area contributed by atoms with Crippen LogP contribution in [0.4, 0.5) is 5.13 Å². The number of nitrogens with one attached hydrogen (secondary N) is 1. The number of rotatable bonds is 4. The van der Waals surface area contributed by atoms with Crippen LogP contribution < -0.4 is 10.2 Å². The maximum Gasteiger partial charge on any atom is 0.205 e. The first-order valence-corrected chi connectivity index (χ1v) is 6.78. The van der Waals surface area contributed by atoms with Crippen LogP contribution in [0.2, 0.25) is 0 Å². The fourth-order valence-electron chi connectivity index (χ4n) is 2.15. The Labute approximate surface area is 101 Å². The van der Waals surface area contributed by atoms with Crippen molar-refractivity contribution in [3.05, 3.63) is 6.33 Å². The minimum Gasteiger partial charge on any atom is -0.344 e. The van der Waals surface area contributed by atoms with Gasteiger partial charge in [0, 0.05) is 24.1 Å². The van der Waals surface area contributed by atoms with Gasteiger partial charge in [-0.3, -0.25) is 0 Å². The first-order chi connectivity index (χ1) is 7.77. The Balaban J connectivity index is 1.97. The molecule has 0 aromatic carbocycles. The van der Waals surface area contributed by atoms with Crippen LogP contribution in [0.5, 0.6) is 0 Å². The van der Waals surface area contributed by atoms with Gasteiger partial charge in [-0.05, 0) is 45.7 Å². The van der Waals surface area contributed by atoms with Crippen molar-refractivity contribution < 1.29 is 0 Å². The van der Waals surface area contributed by atoms with E-state index in [4.69, 9.17) is 0 Å². The minimum absolute atomic E-state index is 0.503. The molecular weight excluding hydrogens is 220 g/mol. The Morgan fingerprint density at radius 2 is 2.25 bits per heavy atom. The summed E-state index contributed by atoms with van der Waals surface area (Å²) in [5.41, 5.74) is 0. The van der Waals surface area contributed by atoms with Gasteiger partial charge in [0.25, 0.3) is 0 Å². The summed E-state index contributed by atoms with van der Waals surface area (Å²) in [5, 5.41) is 4.47. The van der Waals surface area contributed by atoms with Crippen LogP contribution in [0.1, 0.15) is 26.7 Å². The third-order valence-corrected chi connectivity index (χ3v) is 3.84. The van der Waals surface area contributed by atoms with Crippen LogP contribution in [0, 0.1) is 5.92 Å². The SMILES string of the molecule is CC(C)N(CC1CCNCC1)c1ncns1. The lowest BCUT2D eigenvalue weighted by Crippen LogP contribution is -2.39. The summed E-state index contributed by atoms with van der Waals surface area (Å²) in [6.45, 7) is 7.89. The molecule has 0 saturated carbocycles. The molecule has 0 radical (unpaired) electrons. The summed E-state index contributed by atoms with van der Waals surface area (Å²) >= 11 is 1.50. The Hall–Kier alpha value is -0.680. The molecular formula is C11H20N4S. The van der Waals surface area contributed by atoms with E-state index in [2.05, 4.69) is 33.4 Å². The lowest BCUT2D eigenvalue weighted by atomic mass is 9.97. The summed E-state index contributed by atoms with van der Waals surface area (Å²) in [5.74, 6) is 0.799. The van der Waals surface area contributed by atoms with E-state index in [1.165, 1.54) is 24.4 Å². The van der Waals surface area contributed by atoms with Gasteiger partial charge in [-0.2, -0.15) is 4.37 Å². The second-order valence-electron chi connectivity index (χ2n) is 4.66. The normalized spacial score (nSPS) is 17.9. The van der Waals surface area contributed by atoms with Gasteiger partial charge in [-0.15, -0.1) is 0 Å². The van der Waals surface area contributed by atoms with Crippen molar-refractivity contribution in [2.75, 3.05) is 24.5 Å². The van der Waals surface area contributed by atoms with Gasteiger partial charge in [0.2, 0.25) is 5.13 Å². The molecule has 0 aliphatic carbocycles. The monoisotopic (exact) mass is 240 g/mol. The van der Waals surface area contributed by atoms with Crippen LogP contribution in [0.15, 0.2) is 6.33 Å². The molecule has 5 heteroatoms. The van der Waals surface area contributed by atoms with Crippen molar-refractivity contribution in [3.8, 4) is 0 Å². The third kappa shape index (κ3) is 2.92. The highest BCUT2D eigenvalue weighted by molar-refractivity contribution is 7.09. The second kappa shape index (κ2) is 5.59. The standard InChI is InChI=1S/C11H20N4S/c1-9(2)15(11-13-8-14-16-11)7-10-3-5-12-6-4-10/h8-10,12H,3-7H2,1-2H3. The summed E-state index contributed by atoms with van der Waals surface area (Å²) in [6, 6.07) is 0.503. The zero-order valence-corrected chi connectivity index (χ0v) is 10.8. The van der Waals surface area contributed by atoms with Crippen molar-refractivity contribution in [2.24, 2.45) is 5.92 Å². The molecule has 1 aromatic rings. The maximum atomic E-state index is 4.32. The number of hydrogen-bond acceptors (Lipinski definition) is 5. The average molecular weight is 240 g/mol. The van der Waals surface area contributed by atoms with Crippen molar-refractivity contribution in [1.29, 1.82) is 0 Å². The highest BCUT2D eigenvalue weighted by Crippen LogP contribution is 2.22. The quantitative estimate of drug-likeness (QED) is 0.870. The molecule has 1 aromatic heterocycles. The van der Waals surface area contributed by atoms with E-state index in [9.17, 15) is 0 Å². The van der Waals surface area contributed by atoms with Crippen LogP contribution >= 0.6 is 11.5 Å². The third-order valence-electron chi connectivity index (χ3n) is 3.13. The van der Waals surface area contributed by atoms with E-state index >= 15 is 0 Å². The highest BCUT2D eigenvalue weighted by Gasteiger charge is 2.20. The van der Waals surface area contributed by atoms with Crippen molar-refractivity contribution in [1.82, 2.24) is 14.7 Å². The minimum atomic E-state index is 0.503. The fraction of sp³-hybridized carbons (Fsp3) is 0.818. The van der Waals surface area contributed by atoms with Gasteiger partial charge in [-0.25, -0.2) is 4.98 Å². The van der Waals surface area contributed by atoms with Crippen LogP contribution in [-0.2, 0) is 0 Å². The first-order valence-electron chi connectivity index (χ1n) is 6.01. The topological polar surface area (TPSA) is 41.0 Å². The molecule has 1 saturated heterocycles. The smallest absolute Gasteiger partial charge is 0.205 e. The molecule has 0 atom stereocenters. The Morgan fingerprint density at radius 3 is 2.81 bits per heavy atom. The molecule has 0 unspecified atom stereocenters. The first kappa shape index (κ1) is 11.8. The van der Waals surface area contributed by atoms with E-state index in [-0.39, 0.29) is 0 Å². The highest BCUT2D eigenvalue weighted by atomic mass is 32.1. The van der Waals surface area contributed by atoms with Gasteiger partial charge < -0.3 is 10.2 Å². The molecule has 1 fully saturated rings. The molecule has 2 rings (SSSR count). The summed E-state index contributed by atoms with van der Waals surface area (Å²) in [4.78, 5) is 6.70. The molecule has 1 N–H and O–H groups in total. The maximum absolute atomic E-state index is 4.32. The lowest BCUT2D eigenvalue weighted by molar-refractivity contribution is 0.367. The zero-order chi connectivity index (χ0) is 11.4. The number of aromatic nitrogens is 2. The van der Waals surface area contributed by atoms with E-state index in [1.807, 2.05) is 0 Å². The second-order valence-corrected chi connectivity index (χ2v) is 5.42. The summed E-state index contributed by atoms with van der Waals surface area (Å²) < 4.78 is 4.10. The van der Waals surface area contributed by atoms with Gasteiger partial charge >= 0.3 is 0 Å². The van der Waals surface area contributed by atoms with Crippen LogP contribution in [0.25, 0.3) is 0 Å². The van der Waals surface area contributed by atoms with E-state index in [0.29, 0.717) is 6.04 Å². The summed E-state index contributed by atoms with van der Waals surface area (Å²) in [7, 11) is 0. The van der Waals surface area contributed by atoms with Crippen LogP contribution in [0.3, 0.4) is 0 Å². The average Bonchev–Trinajstić information content (AvgIpc) is 2.80. The predicted molar refractivity (Wildman–Crippen MR) is 68.0 cm³/mol. The molecule has 4 nitrogen and oxygen atoms in total. The van der Waals surface area contributed by atoms with Gasteiger partial charge in [0.15, 0.2) is 0 Å². The largest absolute Gasteiger partial charge is 0.344 e. The van der Waals surface area contributed by atoms with Gasteiger partial charge in [0.05, 0.1) is 0 Å². The molecule has 16 heavy (non-hydrogen) atoms. The van der Waals surface area contributed by atoms with Gasteiger partial charge in [-0.1, -0.05) is 0 Å². The molecule has 2 heterocycles. The van der Waals surface area contributed by atoms with Crippen molar-refractivity contribution in [3.63, 3.8) is 0 Å². The zero-order valence-electron chi connectivity index (χ0n) is 10.0. The Bertz CT molecular complexity index is 293. The number of anilines is 1. The van der Waals surface area contributed by atoms with Crippen LogP contribution in [-0.4, -0.2) is 35.0 Å². The van der Waals surface area contributed by atoms with Crippen molar-refractivity contribution in [2.45, 2.75) is 32.7 Å². The predicted octanol–water partition coefficient (Wildman–Crippen LogP) is 1.75. The number of hydrogen-bond donors (Lipinski definition) is 1. The van der Waals surface area contributed by atoms with E-state index < -0.39 is 0 Å². The summed E-state index contributed by atoms with van der Waals surface area (Å²) in [6.07, 6.45) is 4.21. The fourth-order valence-corrected chi connectivity index (χ4v) is 2.82. The van der Waals surface area contributed by atoms with E-state index in [0.717, 1.165) is 30.7 Å². The molecule has 0 spiro atoms. The lowest BCUT2D eigenvalue weighted by Gasteiger charge is -2.32. The molecule has 0 bridgehead atoms. The number of piperidine rings is 1. The van der Waals surface area contributed by atoms with Crippen molar-refractivity contribution >= 4 is 16.7 Å². The Morgan fingerprint density at radius 1 is 1.50 bits per heavy atom. The Kier molecular flexibility index (Phi) is 4.12. The molecule has 90 valence electrons. The van der Waals surface area contributed by atoms with E-state index in [1.54, 1.807) is 6.33 Å². The molecule has 0 amide bonds. The molecule has 1 aliphatic rings. The molecule has 1 aliphatic heterocycles. The van der Waals surface area contributed by atoms with Gasteiger partial charge in [0.1, 0.15) is 6.33 Å².